The molecule has 0 bridgehead atoms. The number of ether oxygens (including phenoxy) is 2. The lowest BCUT2D eigenvalue weighted by atomic mass is 9.73. The smallest absolute Gasteiger partial charge is 0.309 e. The molecule has 2 saturated heterocycles. The third-order valence-corrected chi connectivity index (χ3v) is 21.6. The Kier molecular flexibility index (Phi) is 13.1. The second-order valence-corrected chi connectivity index (χ2v) is 28.9. The van der Waals surface area contributed by atoms with Gasteiger partial charge in [-0.25, -0.2) is 4.98 Å². The first-order valence-corrected chi connectivity index (χ1v) is 24.8. The molecule has 0 aromatic carbocycles. The predicted molar refractivity (Wildman–Crippen MR) is 203 cm³/mol. The molecule has 48 heavy (non-hydrogen) atoms. The van der Waals surface area contributed by atoms with Crippen molar-refractivity contribution in [1.82, 2.24) is 4.98 Å². The molecule has 7 atom stereocenters. The number of carbonyl (C=O) groups is 2. The van der Waals surface area contributed by atoms with E-state index in [1.54, 1.807) is 11.3 Å². The molecule has 7 nitrogen and oxygen atoms in total. The zero-order valence-electron chi connectivity index (χ0n) is 33.0. The van der Waals surface area contributed by atoms with Crippen LogP contribution in [0.4, 0.5) is 0 Å². The number of hydrogen-bond donors (Lipinski definition) is 0. The number of thiazole rings is 1. The van der Waals surface area contributed by atoms with E-state index in [1.165, 1.54) is 0 Å². The number of aromatic nitrogens is 1. The van der Waals surface area contributed by atoms with Crippen LogP contribution in [0.3, 0.4) is 0 Å². The first-order chi connectivity index (χ1) is 21.8. The number of epoxide rings is 1. The number of Topliss-reactive ketones (excluding diaryl/α,β-unsaturated/α-hetero) is 1. The minimum Gasteiger partial charge on any atom is -0.458 e. The molecule has 1 aromatic rings. The first-order valence-electron chi connectivity index (χ1n) is 18.1. The van der Waals surface area contributed by atoms with Crippen LogP contribution in [0.5, 0.6) is 0 Å². The molecule has 2 aliphatic rings. The quantitative estimate of drug-likeness (QED) is 0.164. The number of carbonyl (C=O) groups excluding carboxylic acids is 2. The van der Waals surface area contributed by atoms with E-state index >= 15 is 0 Å². The van der Waals surface area contributed by atoms with E-state index < -0.39 is 34.3 Å². The van der Waals surface area contributed by atoms with Gasteiger partial charge in [-0.05, 0) is 80.5 Å². The normalized spacial score (nSPS) is 30.5. The van der Waals surface area contributed by atoms with Crippen molar-refractivity contribution in [2.24, 2.45) is 17.3 Å². The van der Waals surface area contributed by atoms with Crippen LogP contribution in [0, 0.1) is 24.2 Å². The van der Waals surface area contributed by atoms with Gasteiger partial charge in [0, 0.05) is 23.1 Å². The Hall–Kier alpha value is -1.18. The van der Waals surface area contributed by atoms with Gasteiger partial charge in [0.25, 0.3) is 0 Å². The highest BCUT2D eigenvalue weighted by Gasteiger charge is 2.50. The van der Waals surface area contributed by atoms with Crippen molar-refractivity contribution in [2.75, 3.05) is 0 Å². The highest BCUT2D eigenvalue weighted by atomic mass is 32.1. The summed E-state index contributed by atoms with van der Waals surface area (Å²) in [6, 6.07) is 0. The number of esters is 1. The summed E-state index contributed by atoms with van der Waals surface area (Å²) in [5.41, 5.74) is 0.854. The molecule has 0 amide bonds. The Bertz CT molecular complexity index is 1310. The lowest BCUT2D eigenvalue weighted by Crippen LogP contribution is -2.54. The molecular weight excluding hydrogens is 655 g/mol. The zero-order chi connectivity index (χ0) is 36.6. The first kappa shape index (κ1) is 41.2. The minimum atomic E-state index is -2.39. The van der Waals surface area contributed by atoms with E-state index in [-0.39, 0.29) is 58.4 Å². The summed E-state index contributed by atoms with van der Waals surface area (Å²) < 4.78 is 26.6. The van der Waals surface area contributed by atoms with E-state index in [1.807, 2.05) is 46.1 Å². The van der Waals surface area contributed by atoms with Crippen molar-refractivity contribution >= 4 is 45.8 Å². The topological polar surface area (TPSA) is 87.3 Å². The highest BCUT2D eigenvalue weighted by Crippen LogP contribution is 2.45. The van der Waals surface area contributed by atoms with Crippen molar-refractivity contribution in [2.45, 2.75) is 182 Å². The number of aryl methyl sites for hydroxylation is 1. The van der Waals surface area contributed by atoms with E-state index in [4.69, 9.17) is 18.3 Å². The predicted octanol–water partition coefficient (Wildman–Crippen LogP) is 10.1. The van der Waals surface area contributed by atoms with Gasteiger partial charge in [-0.1, -0.05) is 75.7 Å². The molecule has 274 valence electrons. The molecule has 1 aromatic heterocycles. The highest BCUT2D eigenvalue weighted by molar-refractivity contribution is 7.09. The van der Waals surface area contributed by atoms with Gasteiger partial charge >= 0.3 is 5.97 Å². The van der Waals surface area contributed by atoms with Crippen molar-refractivity contribution in [1.29, 1.82) is 0 Å². The summed E-state index contributed by atoms with van der Waals surface area (Å²) in [6.45, 7) is 34.4. The summed E-state index contributed by atoms with van der Waals surface area (Å²) >= 11 is 1.60. The SMILES string of the molecule is C/C(=C\c1csc(C)n1)[C@@H]1C[C@@H]2O[C@@H]2CCC[C@H](C)C(O[Si](C)(C)C(C)(C)C)[C@@H](C)C(=O)C(C)(C)[C@@H](O[Si](C)(C)C(C)(C)C)CC(=O)O1. The van der Waals surface area contributed by atoms with Gasteiger partial charge in [0.2, 0.25) is 0 Å². The molecule has 2 fully saturated rings. The molecule has 1 unspecified atom stereocenters. The van der Waals surface area contributed by atoms with E-state index in [2.05, 4.69) is 79.6 Å². The lowest BCUT2D eigenvalue weighted by molar-refractivity contribution is -0.153. The van der Waals surface area contributed by atoms with E-state index in [0.717, 1.165) is 35.5 Å². The Morgan fingerprint density at radius 3 is 2.10 bits per heavy atom. The van der Waals surface area contributed by atoms with Crippen LogP contribution in [0.2, 0.25) is 36.3 Å². The molecule has 10 heteroatoms. The Balaban J connectivity index is 2.05. The van der Waals surface area contributed by atoms with Gasteiger partial charge in [0.1, 0.15) is 11.9 Å². The lowest BCUT2D eigenvalue weighted by Gasteiger charge is -2.46. The number of nitrogens with zero attached hydrogens (tertiary/aromatic N) is 1. The summed E-state index contributed by atoms with van der Waals surface area (Å²) in [6.07, 6.45) is 4.35. The largest absolute Gasteiger partial charge is 0.458 e. The van der Waals surface area contributed by atoms with Crippen LogP contribution >= 0.6 is 11.3 Å². The van der Waals surface area contributed by atoms with Crippen LogP contribution in [-0.2, 0) is 27.9 Å². The Morgan fingerprint density at radius 2 is 1.56 bits per heavy atom. The maximum Gasteiger partial charge on any atom is 0.309 e. The maximum absolute atomic E-state index is 14.8. The van der Waals surface area contributed by atoms with Crippen LogP contribution in [-0.4, -0.2) is 63.9 Å². The van der Waals surface area contributed by atoms with Crippen molar-refractivity contribution in [3.8, 4) is 0 Å². The molecule has 0 spiro atoms. The Morgan fingerprint density at radius 1 is 0.979 bits per heavy atom. The average Bonchev–Trinajstić information content (AvgIpc) is 3.54. The summed E-state index contributed by atoms with van der Waals surface area (Å²) in [4.78, 5) is 33.4. The number of ketones is 1. The fraction of sp³-hybridized carbons (Fsp3) is 0.816. The fourth-order valence-corrected chi connectivity index (χ4v) is 9.70. The van der Waals surface area contributed by atoms with Crippen LogP contribution in [0.25, 0.3) is 6.08 Å². The van der Waals surface area contributed by atoms with E-state index in [0.29, 0.717) is 6.42 Å². The molecule has 3 rings (SSSR count). The van der Waals surface area contributed by atoms with Gasteiger partial charge in [0.15, 0.2) is 16.6 Å². The summed E-state index contributed by atoms with van der Waals surface area (Å²) in [5.74, 6) is -0.462. The monoisotopic (exact) mass is 721 g/mol. The second-order valence-electron chi connectivity index (χ2n) is 18.3. The van der Waals surface area contributed by atoms with Gasteiger partial charge in [0.05, 0.1) is 41.5 Å². The second kappa shape index (κ2) is 15.2. The third-order valence-electron chi connectivity index (χ3n) is 11.8. The standard InChI is InChI=1S/C38H67NO6SSi2/c1-24-18-17-19-29-31(42-29)21-30(25(2)20-28-23-46-27(4)39-28)43-33(40)22-32(44-47(13,14)36(5,6)7)38(11,12)35(41)26(3)34(24)45-48(15,16)37(8,9)10/h20,23-24,26,29-32,34H,17-19,21-22H2,1-16H3/b25-20+/t24-,26+,29+,30-,31-,32-,34?/m0/s1. The molecule has 2 aliphatic heterocycles. The summed E-state index contributed by atoms with van der Waals surface area (Å²) in [5, 5.41) is 2.92. The molecule has 0 aliphatic carbocycles. The average molecular weight is 722 g/mol. The number of hydrogen-bond acceptors (Lipinski definition) is 8. The molecule has 3 heterocycles. The van der Waals surface area contributed by atoms with E-state index in [9.17, 15) is 9.59 Å². The third kappa shape index (κ3) is 10.2. The Labute approximate surface area is 298 Å². The van der Waals surface area contributed by atoms with Crippen molar-refractivity contribution in [3.63, 3.8) is 0 Å². The van der Waals surface area contributed by atoms with Crippen LogP contribution in [0.1, 0.15) is 119 Å². The van der Waals surface area contributed by atoms with Gasteiger partial charge in [-0.2, -0.15) is 0 Å². The maximum atomic E-state index is 14.8. The number of rotatable bonds is 6. The minimum absolute atomic E-state index is 0.00414. The molecule has 0 N–H and O–H groups in total. The zero-order valence-corrected chi connectivity index (χ0v) is 35.9. The van der Waals surface area contributed by atoms with Gasteiger partial charge in [-0.3, -0.25) is 9.59 Å². The summed E-state index contributed by atoms with van der Waals surface area (Å²) in [7, 11) is -4.60. The molecular formula is C38H67NO6SSi2. The number of fused-ring (bicyclic) bond motifs is 1. The van der Waals surface area contributed by atoms with Gasteiger partial charge in [-0.15, -0.1) is 11.3 Å². The van der Waals surface area contributed by atoms with Crippen molar-refractivity contribution in [3.05, 3.63) is 21.7 Å². The molecule has 0 saturated carbocycles. The van der Waals surface area contributed by atoms with Crippen molar-refractivity contribution < 1.29 is 27.9 Å². The van der Waals surface area contributed by atoms with Crippen LogP contribution in [0.15, 0.2) is 11.0 Å². The van der Waals surface area contributed by atoms with Gasteiger partial charge < -0.3 is 18.3 Å². The van der Waals surface area contributed by atoms with Crippen LogP contribution < -0.4 is 0 Å². The molecule has 0 radical (unpaired) electrons. The fourth-order valence-electron chi connectivity index (χ4n) is 6.21. The number of cyclic esters (lactones) is 1.